The van der Waals surface area contributed by atoms with Crippen molar-refractivity contribution in [2.45, 2.75) is 65.2 Å². The third-order valence-corrected chi connectivity index (χ3v) is 13.7. The molecule has 1 unspecified atom stereocenters. The highest BCUT2D eigenvalue weighted by molar-refractivity contribution is 7.15. The van der Waals surface area contributed by atoms with Crippen LogP contribution in [0.15, 0.2) is 97.1 Å². The highest BCUT2D eigenvalue weighted by Crippen LogP contribution is 2.42. The fourth-order valence-corrected chi connectivity index (χ4v) is 9.83. The first-order valence-electron chi connectivity index (χ1n) is 19.0. The van der Waals surface area contributed by atoms with Crippen molar-refractivity contribution < 1.29 is 0 Å². The minimum Gasteiger partial charge on any atom is -0.231 e. The van der Waals surface area contributed by atoms with Crippen LogP contribution < -0.4 is 0 Å². The Morgan fingerprint density at radius 3 is 1.57 bits per heavy atom. The standard InChI is InChI=1S/C22H18Cl2N4S.C22H20Cl2N4S/c1-13-19(22-26-25-21(29-22)15-8-5-9-15)27-28(18-11-10-16(23)12-17(18)24)20(13)14-6-3-2-4-7-14;1-4-13(2)21-25-26-22(29-21)19-14(3)20(15-8-6-5-7-9-15)28(27-19)18-11-10-16(23)12-17(18)24/h2-4,6-7,10-12,15H,5,8-9H2,1H3;5-13H,4H2,1-3H3. The van der Waals surface area contributed by atoms with Gasteiger partial charge in [-0.05, 0) is 69.5 Å². The van der Waals surface area contributed by atoms with Crippen LogP contribution in [0, 0.1) is 13.8 Å². The molecule has 1 aliphatic rings. The number of hydrogen-bond acceptors (Lipinski definition) is 8. The van der Waals surface area contributed by atoms with Crippen LogP contribution in [-0.2, 0) is 0 Å². The second kappa shape index (κ2) is 17.4. The van der Waals surface area contributed by atoms with E-state index < -0.39 is 0 Å². The smallest absolute Gasteiger partial charge is 0.168 e. The number of halogens is 4. The summed E-state index contributed by atoms with van der Waals surface area (Å²) in [5, 5.41) is 33.7. The molecule has 0 amide bonds. The first kappa shape index (κ1) is 40.4. The normalized spacial score (nSPS) is 13.2. The third kappa shape index (κ3) is 8.11. The lowest BCUT2D eigenvalue weighted by Gasteiger charge is -2.21. The van der Waals surface area contributed by atoms with E-state index in [0.29, 0.717) is 31.9 Å². The zero-order chi connectivity index (χ0) is 40.5. The van der Waals surface area contributed by atoms with Crippen molar-refractivity contribution in [3.8, 4) is 55.3 Å². The van der Waals surface area contributed by atoms with Crippen LogP contribution in [0.25, 0.3) is 55.3 Å². The predicted molar refractivity (Wildman–Crippen MR) is 241 cm³/mol. The van der Waals surface area contributed by atoms with Crippen LogP contribution in [0.1, 0.15) is 72.5 Å². The predicted octanol–water partition coefficient (Wildman–Crippen LogP) is 14.1. The second-order valence-corrected chi connectivity index (χ2v) is 17.9. The van der Waals surface area contributed by atoms with E-state index in [1.54, 1.807) is 34.8 Å². The van der Waals surface area contributed by atoms with Gasteiger partial charge in [0.15, 0.2) is 10.0 Å². The Balaban J connectivity index is 0.000000162. The van der Waals surface area contributed by atoms with Gasteiger partial charge in [0, 0.05) is 44.1 Å². The Labute approximate surface area is 365 Å². The van der Waals surface area contributed by atoms with Crippen LogP contribution >= 0.6 is 69.1 Å². The molecule has 4 aromatic carbocycles. The molecule has 1 saturated carbocycles. The van der Waals surface area contributed by atoms with E-state index in [-0.39, 0.29) is 0 Å². The molecule has 58 heavy (non-hydrogen) atoms. The summed E-state index contributed by atoms with van der Waals surface area (Å²) in [4.78, 5) is 0. The molecule has 0 aliphatic heterocycles. The summed E-state index contributed by atoms with van der Waals surface area (Å²) >= 11 is 28.5. The Bertz CT molecular complexity index is 2520. The first-order chi connectivity index (χ1) is 28.1. The quantitative estimate of drug-likeness (QED) is 0.143. The molecule has 1 atom stereocenters. The van der Waals surface area contributed by atoms with Gasteiger partial charge in [0.25, 0.3) is 0 Å². The van der Waals surface area contributed by atoms with Gasteiger partial charge in [-0.1, -0.05) is 150 Å². The summed E-state index contributed by atoms with van der Waals surface area (Å²) in [6, 6.07) is 31.3. The van der Waals surface area contributed by atoms with Gasteiger partial charge in [0.2, 0.25) is 0 Å². The first-order valence-corrected chi connectivity index (χ1v) is 22.1. The van der Waals surface area contributed by atoms with Gasteiger partial charge < -0.3 is 0 Å². The van der Waals surface area contributed by atoms with Gasteiger partial charge in [-0.25, -0.2) is 9.36 Å². The van der Waals surface area contributed by atoms with E-state index in [1.807, 2.05) is 70.0 Å². The van der Waals surface area contributed by atoms with E-state index in [0.717, 1.165) is 82.9 Å². The van der Waals surface area contributed by atoms with Gasteiger partial charge >= 0.3 is 0 Å². The number of hydrogen-bond donors (Lipinski definition) is 0. The van der Waals surface area contributed by atoms with Crippen LogP contribution in [0.2, 0.25) is 20.1 Å². The van der Waals surface area contributed by atoms with Crippen molar-refractivity contribution in [1.82, 2.24) is 40.0 Å². The zero-order valence-electron chi connectivity index (χ0n) is 32.1. The molecule has 4 heterocycles. The number of nitrogens with zero attached hydrogens (tertiary/aromatic N) is 8. The summed E-state index contributed by atoms with van der Waals surface area (Å²) in [7, 11) is 0. The summed E-state index contributed by atoms with van der Waals surface area (Å²) in [6.07, 6.45) is 4.72. The maximum absolute atomic E-state index is 6.53. The molecule has 9 rings (SSSR count). The summed E-state index contributed by atoms with van der Waals surface area (Å²) in [5.74, 6) is 0.936. The molecule has 0 bridgehead atoms. The van der Waals surface area contributed by atoms with Crippen molar-refractivity contribution in [2.75, 3.05) is 0 Å². The molecule has 8 nitrogen and oxygen atoms in total. The van der Waals surface area contributed by atoms with E-state index in [4.69, 9.17) is 56.6 Å². The number of rotatable bonds is 9. The van der Waals surface area contributed by atoms with Crippen LogP contribution in [0.4, 0.5) is 0 Å². The Morgan fingerprint density at radius 1 is 0.638 bits per heavy atom. The Hall–Kier alpha value is -4.42. The Morgan fingerprint density at radius 2 is 1.12 bits per heavy atom. The monoisotopic (exact) mass is 882 g/mol. The molecule has 14 heteroatoms. The maximum Gasteiger partial charge on any atom is 0.168 e. The summed E-state index contributed by atoms with van der Waals surface area (Å²) in [5.41, 5.74) is 9.41. The van der Waals surface area contributed by atoms with Gasteiger partial charge in [-0.3, -0.25) is 0 Å². The van der Waals surface area contributed by atoms with E-state index in [9.17, 15) is 0 Å². The average molecular weight is 885 g/mol. The number of aromatic nitrogens is 8. The lowest BCUT2D eigenvalue weighted by molar-refractivity contribution is 0.416. The van der Waals surface area contributed by atoms with Crippen molar-refractivity contribution in [2.24, 2.45) is 0 Å². The maximum atomic E-state index is 6.53. The molecule has 1 fully saturated rings. The molecule has 4 aromatic heterocycles. The highest BCUT2D eigenvalue weighted by atomic mass is 35.5. The van der Waals surface area contributed by atoms with Crippen molar-refractivity contribution >= 4 is 69.1 Å². The van der Waals surface area contributed by atoms with Gasteiger partial charge in [0.05, 0.1) is 32.8 Å². The third-order valence-electron chi connectivity index (χ3n) is 10.4. The fraction of sp³-hybridized carbons (Fsp3) is 0.227. The molecule has 0 N–H and O–H groups in total. The van der Waals surface area contributed by atoms with Crippen LogP contribution in [0.5, 0.6) is 0 Å². The molecule has 0 saturated heterocycles. The van der Waals surface area contributed by atoms with Crippen LogP contribution in [-0.4, -0.2) is 40.0 Å². The second-order valence-electron chi connectivity index (χ2n) is 14.2. The van der Waals surface area contributed by atoms with Gasteiger partial charge in [0.1, 0.15) is 21.4 Å². The summed E-state index contributed by atoms with van der Waals surface area (Å²) < 4.78 is 3.77. The van der Waals surface area contributed by atoms with Gasteiger partial charge in [-0.15, -0.1) is 20.4 Å². The molecular formula is C44H38Cl4N8S2. The molecule has 294 valence electrons. The van der Waals surface area contributed by atoms with E-state index in [2.05, 4.69) is 72.4 Å². The SMILES string of the molecule is CCC(C)c1nnc(-c2nn(-c3ccc(Cl)cc3Cl)c(-c3ccccc3)c2C)s1.Cc1c(-c2nnc(C3CCC3)s2)nn(-c2ccc(Cl)cc2Cl)c1-c1ccccc1. The minimum absolute atomic E-state index is 0.378. The van der Waals surface area contributed by atoms with E-state index >= 15 is 0 Å². The largest absolute Gasteiger partial charge is 0.231 e. The Kier molecular flexibility index (Phi) is 12.1. The van der Waals surface area contributed by atoms with Crippen LogP contribution in [0.3, 0.4) is 0 Å². The lowest BCUT2D eigenvalue weighted by atomic mass is 9.86. The molecule has 0 radical (unpaired) electrons. The molecule has 0 spiro atoms. The molecule has 8 aromatic rings. The fourth-order valence-electron chi connectivity index (χ4n) is 6.78. The molecular weight excluding hydrogens is 846 g/mol. The highest BCUT2D eigenvalue weighted by Gasteiger charge is 2.27. The lowest BCUT2D eigenvalue weighted by Crippen LogP contribution is -2.07. The van der Waals surface area contributed by atoms with Crippen molar-refractivity contribution in [1.29, 1.82) is 0 Å². The van der Waals surface area contributed by atoms with Crippen molar-refractivity contribution in [3.05, 3.63) is 138 Å². The minimum atomic E-state index is 0.378. The topological polar surface area (TPSA) is 87.2 Å². The zero-order valence-corrected chi connectivity index (χ0v) is 36.8. The molecule has 1 aliphatic carbocycles. The number of benzene rings is 4. The van der Waals surface area contributed by atoms with E-state index in [1.165, 1.54) is 19.3 Å². The average Bonchev–Trinajstić information content (AvgIpc) is 4.01. The van der Waals surface area contributed by atoms with Gasteiger partial charge in [-0.2, -0.15) is 10.2 Å². The van der Waals surface area contributed by atoms with Crippen molar-refractivity contribution in [3.63, 3.8) is 0 Å². The summed E-state index contributed by atoms with van der Waals surface area (Å²) in [6.45, 7) is 8.46.